The summed E-state index contributed by atoms with van der Waals surface area (Å²) in [5.74, 6) is -1.21. The van der Waals surface area contributed by atoms with Crippen molar-refractivity contribution in [3.05, 3.63) is 89.4 Å². The molecule has 0 spiro atoms. The molecule has 0 radical (unpaired) electrons. The van der Waals surface area contributed by atoms with Crippen molar-refractivity contribution in [1.82, 2.24) is 9.80 Å². The van der Waals surface area contributed by atoms with Crippen molar-refractivity contribution >= 4 is 11.6 Å². The van der Waals surface area contributed by atoms with Crippen molar-refractivity contribution in [3.8, 4) is 0 Å². The summed E-state index contributed by atoms with van der Waals surface area (Å²) in [6.07, 6.45) is 1.70. The van der Waals surface area contributed by atoms with Crippen LogP contribution in [0, 0.1) is 11.6 Å². The lowest BCUT2D eigenvalue weighted by atomic mass is 10.1. The van der Waals surface area contributed by atoms with Crippen LogP contribution >= 0.6 is 0 Å². The number of hydrogen-bond donors (Lipinski definition) is 1. The number of piperazine rings is 1. The van der Waals surface area contributed by atoms with Crippen LogP contribution in [0.3, 0.4) is 0 Å². The van der Waals surface area contributed by atoms with Crippen LogP contribution in [0.1, 0.15) is 21.7 Å². The topological polar surface area (TPSA) is 48.7 Å². The number of rotatable bonds is 6. The lowest BCUT2D eigenvalue weighted by Gasteiger charge is -2.34. The van der Waals surface area contributed by atoms with Crippen molar-refractivity contribution in [2.24, 2.45) is 0 Å². The van der Waals surface area contributed by atoms with Crippen LogP contribution < -0.4 is 5.32 Å². The number of furan rings is 1. The standard InChI is InChI=1S/C23H23F2N3O2/c24-18-5-8-21(22(25)14-18)23(29)26-19-6-3-17(4-7-19)15-27-9-11-28(12-10-27)16-20-2-1-13-30-20/h1-8,13-14H,9-12,15-16H2,(H,26,29). The Kier molecular flexibility index (Phi) is 6.21. The van der Waals surface area contributed by atoms with Gasteiger partial charge < -0.3 is 9.73 Å². The average molecular weight is 411 g/mol. The van der Waals surface area contributed by atoms with Crippen LogP contribution in [-0.2, 0) is 13.1 Å². The van der Waals surface area contributed by atoms with E-state index in [-0.39, 0.29) is 5.56 Å². The minimum atomic E-state index is -0.879. The number of halogens is 2. The fourth-order valence-corrected chi connectivity index (χ4v) is 3.55. The Balaban J connectivity index is 1.27. The number of benzene rings is 2. The number of carbonyl (C=O) groups is 1. The highest BCUT2D eigenvalue weighted by atomic mass is 19.1. The predicted octanol–water partition coefficient (Wildman–Crippen LogP) is 4.13. The molecule has 1 amide bonds. The highest BCUT2D eigenvalue weighted by molar-refractivity contribution is 6.04. The maximum absolute atomic E-state index is 13.7. The summed E-state index contributed by atoms with van der Waals surface area (Å²) in [5.41, 5.74) is 1.52. The van der Waals surface area contributed by atoms with Crippen molar-refractivity contribution < 1.29 is 18.0 Å². The van der Waals surface area contributed by atoms with Gasteiger partial charge in [-0.05, 0) is 42.0 Å². The smallest absolute Gasteiger partial charge is 0.258 e. The summed E-state index contributed by atoms with van der Waals surface area (Å²) in [6.45, 7) is 5.58. The van der Waals surface area contributed by atoms with Crippen molar-refractivity contribution in [3.63, 3.8) is 0 Å². The third-order valence-corrected chi connectivity index (χ3v) is 5.22. The van der Waals surface area contributed by atoms with E-state index in [0.717, 1.165) is 62.7 Å². The molecule has 0 unspecified atom stereocenters. The zero-order chi connectivity index (χ0) is 20.9. The summed E-state index contributed by atoms with van der Waals surface area (Å²) >= 11 is 0. The van der Waals surface area contributed by atoms with Gasteiger partial charge in [0.25, 0.3) is 5.91 Å². The van der Waals surface area contributed by atoms with E-state index in [1.807, 2.05) is 24.3 Å². The highest BCUT2D eigenvalue weighted by Crippen LogP contribution is 2.16. The maximum atomic E-state index is 13.7. The number of anilines is 1. The van der Waals surface area contributed by atoms with Crippen molar-refractivity contribution in [2.45, 2.75) is 13.1 Å². The Morgan fingerprint density at radius 2 is 1.63 bits per heavy atom. The number of amides is 1. The fraction of sp³-hybridized carbons (Fsp3) is 0.261. The van der Waals surface area contributed by atoms with Crippen LogP contribution in [0.4, 0.5) is 14.5 Å². The van der Waals surface area contributed by atoms with Gasteiger partial charge >= 0.3 is 0 Å². The second-order valence-corrected chi connectivity index (χ2v) is 7.41. The van der Waals surface area contributed by atoms with Crippen LogP contribution in [0.15, 0.2) is 65.3 Å². The molecule has 156 valence electrons. The first kappa shape index (κ1) is 20.3. The molecule has 1 fully saturated rings. The molecule has 0 bridgehead atoms. The molecule has 0 saturated carbocycles. The first-order valence-electron chi connectivity index (χ1n) is 9.89. The lowest BCUT2D eigenvalue weighted by Crippen LogP contribution is -2.45. The van der Waals surface area contributed by atoms with Crippen molar-refractivity contribution in [2.75, 3.05) is 31.5 Å². The molecule has 7 heteroatoms. The van der Waals surface area contributed by atoms with E-state index >= 15 is 0 Å². The van der Waals surface area contributed by atoms with E-state index in [0.29, 0.717) is 11.8 Å². The molecular weight excluding hydrogens is 388 g/mol. The third kappa shape index (κ3) is 5.11. The van der Waals surface area contributed by atoms with Crippen LogP contribution in [0.5, 0.6) is 0 Å². The third-order valence-electron chi connectivity index (χ3n) is 5.22. The molecule has 1 N–H and O–H groups in total. The van der Waals surface area contributed by atoms with Gasteiger partial charge in [0.05, 0.1) is 18.4 Å². The second-order valence-electron chi connectivity index (χ2n) is 7.41. The molecule has 0 aliphatic carbocycles. The average Bonchev–Trinajstić information content (AvgIpc) is 3.24. The van der Waals surface area contributed by atoms with E-state index in [9.17, 15) is 13.6 Å². The van der Waals surface area contributed by atoms with Crippen LogP contribution in [-0.4, -0.2) is 41.9 Å². The first-order chi connectivity index (χ1) is 14.6. The predicted molar refractivity (Wildman–Crippen MR) is 110 cm³/mol. The van der Waals surface area contributed by atoms with Crippen LogP contribution in [0.25, 0.3) is 0 Å². The summed E-state index contributed by atoms with van der Waals surface area (Å²) in [7, 11) is 0. The van der Waals surface area contributed by atoms with Gasteiger partial charge in [-0.3, -0.25) is 14.6 Å². The number of nitrogens with zero attached hydrogens (tertiary/aromatic N) is 2. The normalized spacial score (nSPS) is 15.3. The van der Waals surface area contributed by atoms with E-state index < -0.39 is 17.5 Å². The molecule has 4 rings (SSSR count). The van der Waals surface area contributed by atoms with Crippen LogP contribution in [0.2, 0.25) is 0 Å². The zero-order valence-electron chi connectivity index (χ0n) is 16.5. The molecule has 30 heavy (non-hydrogen) atoms. The molecule has 1 aliphatic rings. The molecule has 0 atom stereocenters. The molecule has 2 heterocycles. The highest BCUT2D eigenvalue weighted by Gasteiger charge is 2.18. The SMILES string of the molecule is O=C(Nc1ccc(CN2CCN(Cc3ccco3)CC2)cc1)c1ccc(F)cc1F. The molecule has 5 nitrogen and oxygen atoms in total. The van der Waals surface area contributed by atoms with Gasteiger partial charge in [0.1, 0.15) is 17.4 Å². The van der Waals surface area contributed by atoms with Crippen molar-refractivity contribution in [1.29, 1.82) is 0 Å². The molecule has 3 aromatic rings. The van der Waals surface area contributed by atoms with Gasteiger partial charge in [0.2, 0.25) is 0 Å². The summed E-state index contributed by atoms with van der Waals surface area (Å²) in [4.78, 5) is 17.0. The van der Waals surface area contributed by atoms with E-state index in [1.165, 1.54) is 0 Å². The number of hydrogen-bond acceptors (Lipinski definition) is 4. The second kappa shape index (κ2) is 9.19. The van der Waals surface area contributed by atoms with Gasteiger partial charge in [-0.15, -0.1) is 0 Å². The maximum Gasteiger partial charge on any atom is 0.258 e. The minimum absolute atomic E-state index is 0.187. The number of nitrogens with one attached hydrogen (secondary N) is 1. The quantitative estimate of drug-likeness (QED) is 0.663. The van der Waals surface area contributed by atoms with Gasteiger partial charge in [0, 0.05) is 44.5 Å². The summed E-state index contributed by atoms with van der Waals surface area (Å²) in [5, 5.41) is 2.65. The molecule has 1 saturated heterocycles. The van der Waals surface area contributed by atoms with E-state index in [4.69, 9.17) is 4.42 Å². The zero-order valence-corrected chi connectivity index (χ0v) is 16.5. The Morgan fingerprint density at radius 3 is 2.27 bits per heavy atom. The molecule has 1 aromatic heterocycles. The van der Waals surface area contributed by atoms with Gasteiger partial charge in [-0.1, -0.05) is 12.1 Å². The summed E-state index contributed by atoms with van der Waals surface area (Å²) < 4.78 is 32.2. The Morgan fingerprint density at radius 1 is 0.933 bits per heavy atom. The van der Waals surface area contributed by atoms with E-state index in [2.05, 4.69) is 15.1 Å². The Hall–Kier alpha value is -3.03. The Labute approximate surface area is 173 Å². The molecule has 1 aliphatic heterocycles. The summed E-state index contributed by atoms with van der Waals surface area (Å²) in [6, 6.07) is 14.3. The largest absolute Gasteiger partial charge is 0.468 e. The minimum Gasteiger partial charge on any atom is -0.468 e. The number of carbonyl (C=O) groups excluding carboxylic acids is 1. The van der Waals surface area contributed by atoms with E-state index in [1.54, 1.807) is 18.4 Å². The van der Waals surface area contributed by atoms with Gasteiger partial charge in [-0.2, -0.15) is 0 Å². The lowest BCUT2D eigenvalue weighted by molar-refractivity contribution is 0.102. The first-order valence-corrected chi connectivity index (χ1v) is 9.89. The van der Waals surface area contributed by atoms with Gasteiger partial charge in [-0.25, -0.2) is 8.78 Å². The molecule has 2 aromatic carbocycles. The van der Waals surface area contributed by atoms with Gasteiger partial charge in [0.15, 0.2) is 0 Å². The fourth-order valence-electron chi connectivity index (χ4n) is 3.55. The monoisotopic (exact) mass is 411 g/mol. The molecular formula is C23H23F2N3O2. The Bertz CT molecular complexity index is 982.